The highest BCUT2D eigenvalue weighted by Crippen LogP contribution is 2.44. The number of halogens is 3. The fraction of sp³-hybridized carbons (Fsp3) is 0.286. The van der Waals surface area contributed by atoms with Crippen molar-refractivity contribution < 1.29 is 27.7 Å². The standard InChI is InChI=1S/C21H19F3N8O4S/c1-4-30-7-12(10(3)28-30)11-6-13(21(22,23)24)26-20-16(11)17(18(37-20)19(25)34)27-15(33)8-31-9(2)5-14(29-31)32(35)36/h5-7H,4,8H2,1-3H3,(H2,25,34)(H,27,33). The van der Waals surface area contributed by atoms with Crippen molar-refractivity contribution in [3.8, 4) is 11.1 Å². The van der Waals surface area contributed by atoms with Gasteiger partial charge in [0.1, 0.15) is 21.9 Å². The van der Waals surface area contributed by atoms with Crippen molar-refractivity contribution in [3.63, 3.8) is 0 Å². The van der Waals surface area contributed by atoms with E-state index in [1.54, 1.807) is 13.1 Å². The number of aryl methyl sites for hydroxylation is 3. The topological polar surface area (TPSA) is 164 Å². The number of hydrogen-bond donors (Lipinski definition) is 2. The summed E-state index contributed by atoms with van der Waals surface area (Å²) < 4.78 is 43.7. The summed E-state index contributed by atoms with van der Waals surface area (Å²) in [6.45, 7) is 4.93. The first-order valence-electron chi connectivity index (χ1n) is 10.7. The molecular formula is C21H19F3N8O4S. The number of nitrogens with one attached hydrogen (secondary N) is 1. The number of anilines is 1. The van der Waals surface area contributed by atoms with Crippen molar-refractivity contribution in [1.29, 1.82) is 0 Å². The van der Waals surface area contributed by atoms with Crippen LogP contribution in [0.3, 0.4) is 0 Å². The van der Waals surface area contributed by atoms with Gasteiger partial charge >= 0.3 is 12.0 Å². The largest absolute Gasteiger partial charge is 0.433 e. The Labute approximate surface area is 210 Å². The minimum atomic E-state index is -4.79. The molecule has 16 heteroatoms. The van der Waals surface area contributed by atoms with Crippen molar-refractivity contribution in [3.05, 3.63) is 50.4 Å². The molecule has 0 saturated carbocycles. The van der Waals surface area contributed by atoms with Gasteiger partial charge in [0.2, 0.25) is 5.91 Å². The molecule has 0 saturated heterocycles. The maximum Gasteiger partial charge on any atom is 0.433 e. The summed E-state index contributed by atoms with van der Waals surface area (Å²) >= 11 is 0.610. The lowest BCUT2D eigenvalue weighted by Crippen LogP contribution is -2.22. The molecule has 0 aromatic carbocycles. The molecule has 12 nitrogen and oxygen atoms in total. The molecule has 2 amide bonds. The zero-order chi connectivity index (χ0) is 27.2. The maximum atomic E-state index is 13.7. The second kappa shape index (κ2) is 9.27. The first kappa shape index (κ1) is 25.7. The van der Waals surface area contributed by atoms with Gasteiger partial charge in [0.15, 0.2) is 0 Å². The SMILES string of the molecule is CCn1cc(-c2cc(C(F)(F)F)nc3sc(C(N)=O)c(NC(=O)Cn4nc([N+](=O)[O-])cc4C)c23)c(C)n1. The number of aromatic nitrogens is 5. The van der Waals surface area contributed by atoms with Gasteiger partial charge in [0.25, 0.3) is 5.91 Å². The fourth-order valence-corrected chi connectivity index (χ4v) is 4.76. The zero-order valence-electron chi connectivity index (χ0n) is 19.6. The van der Waals surface area contributed by atoms with E-state index in [1.807, 2.05) is 6.92 Å². The molecule has 3 N–H and O–H groups in total. The van der Waals surface area contributed by atoms with Crippen LogP contribution in [0.2, 0.25) is 0 Å². The smallest absolute Gasteiger partial charge is 0.365 e. The maximum absolute atomic E-state index is 13.7. The van der Waals surface area contributed by atoms with Crippen LogP contribution in [0.15, 0.2) is 18.3 Å². The van der Waals surface area contributed by atoms with Crippen LogP contribution in [0.25, 0.3) is 21.3 Å². The summed E-state index contributed by atoms with van der Waals surface area (Å²) in [4.78, 5) is 38.7. The molecule has 0 aliphatic rings. The van der Waals surface area contributed by atoms with E-state index in [1.165, 1.54) is 17.7 Å². The van der Waals surface area contributed by atoms with Gasteiger partial charge in [-0.2, -0.15) is 23.0 Å². The number of nitrogens with two attached hydrogens (primary N) is 1. The molecular weight excluding hydrogens is 517 g/mol. The Hall–Kier alpha value is -4.34. The predicted molar refractivity (Wildman–Crippen MR) is 127 cm³/mol. The molecule has 4 rings (SSSR count). The van der Waals surface area contributed by atoms with Crippen molar-refractivity contribution in [2.75, 3.05) is 5.32 Å². The van der Waals surface area contributed by atoms with E-state index in [0.717, 1.165) is 10.7 Å². The number of alkyl halides is 3. The molecule has 0 bridgehead atoms. The van der Waals surface area contributed by atoms with Gasteiger partial charge in [0, 0.05) is 23.7 Å². The molecule has 0 aliphatic heterocycles. The summed E-state index contributed by atoms with van der Waals surface area (Å²) in [5.41, 5.74) is 5.35. The second-order valence-electron chi connectivity index (χ2n) is 7.99. The third-order valence-electron chi connectivity index (χ3n) is 5.45. The van der Waals surface area contributed by atoms with Crippen LogP contribution in [-0.4, -0.2) is 41.3 Å². The van der Waals surface area contributed by atoms with Crippen LogP contribution < -0.4 is 11.1 Å². The number of primary amides is 1. The number of carbonyl (C=O) groups excluding carboxylic acids is 2. The zero-order valence-corrected chi connectivity index (χ0v) is 20.4. The summed E-state index contributed by atoms with van der Waals surface area (Å²) in [7, 11) is 0. The molecule has 194 valence electrons. The summed E-state index contributed by atoms with van der Waals surface area (Å²) in [5, 5.41) is 21.6. The second-order valence-corrected chi connectivity index (χ2v) is 8.99. The molecule has 0 unspecified atom stereocenters. The van der Waals surface area contributed by atoms with Crippen LogP contribution in [0.1, 0.15) is 33.7 Å². The minimum absolute atomic E-state index is 0.0551. The number of nitro groups is 1. The number of thiophene rings is 1. The Balaban J connectivity index is 1.89. The van der Waals surface area contributed by atoms with Gasteiger partial charge in [0.05, 0.1) is 28.2 Å². The molecule has 0 aliphatic carbocycles. The molecule has 4 heterocycles. The lowest BCUT2D eigenvalue weighted by molar-refractivity contribution is -0.389. The van der Waals surface area contributed by atoms with Crippen LogP contribution in [-0.2, 0) is 24.1 Å². The Kier molecular flexibility index (Phi) is 6.45. The number of pyridine rings is 1. The minimum Gasteiger partial charge on any atom is -0.365 e. The van der Waals surface area contributed by atoms with E-state index in [2.05, 4.69) is 20.5 Å². The van der Waals surface area contributed by atoms with E-state index < -0.39 is 41.0 Å². The van der Waals surface area contributed by atoms with E-state index in [0.29, 0.717) is 34.8 Å². The average molecular weight is 536 g/mol. The van der Waals surface area contributed by atoms with Crippen LogP contribution in [0.4, 0.5) is 24.7 Å². The molecule has 4 aromatic rings. The number of carbonyl (C=O) groups is 2. The summed E-state index contributed by atoms with van der Waals surface area (Å²) in [6.07, 6.45) is -3.23. The molecule has 37 heavy (non-hydrogen) atoms. The van der Waals surface area contributed by atoms with Crippen LogP contribution in [0.5, 0.6) is 0 Å². The highest BCUT2D eigenvalue weighted by molar-refractivity contribution is 7.21. The quantitative estimate of drug-likeness (QED) is 0.269. The first-order chi connectivity index (χ1) is 17.3. The molecule has 0 spiro atoms. The van der Waals surface area contributed by atoms with Gasteiger partial charge in [-0.25, -0.2) is 4.98 Å². The Morgan fingerprint density at radius 2 is 1.92 bits per heavy atom. The van der Waals surface area contributed by atoms with E-state index in [9.17, 15) is 32.9 Å². The van der Waals surface area contributed by atoms with E-state index in [-0.39, 0.29) is 26.3 Å². The molecule has 0 fully saturated rings. The number of hydrogen-bond acceptors (Lipinski definition) is 8. The summed E-state index contributed by atoms with van der Waals surface area (Å²) in [6, 6.07) is 2.01. The van der Waals surface area contributed by atoms with Crippen molar-refractivity contribution >= 4 is 44.9 Å². The molecule has 0 atom stereocenters. The van der Waals surface area contributed by atoms with Gasteiger partial charge in [-0.1, -0.05) is 0 Å². The Morgan fingerprint density at radius 1 is 1.22 bits per heavy atom. The highest BCUT2D eigenvalue weighted by atomic mass is 32.1. The van der Waals surface area contributed by atoms with Crippen LogP contribution >= 0.6 is 11.3 Å². The molecule has 4 aromatic heterocycles. The van der Waals surface area contributed by atoms with Gasteiger partial charge < -0.3 is 21.2 Å². The Bertz CT molecular complexity index is 1570. The number of nitrogens with zero attached hydrogens (tertiary/aromatic N) is 6. The highest BCUT2D eigenvalue weighted by Gasteiger charge is 2.35. The average Bonchev–Trinajstić information content (AvgIpc) is 3.48. The number of rotatable bonds is 7. The third kappa shape index (κ3) is 4.87. The fourth-order valence-electron chi connectivity index (χ4n) is 3.75. The predicted octanol–water partition coefficient (Wildman–Crippen LogP) is 3.66. The van der Waals surface area contributed by atoms with Crippen molar-refractivity contribution in [2.24, 2.45) is 5.73 Å². The van der Waals surface area contributed by atoms with E-state index >= 15 is 0 Å². The third-order valence-corrected chi connectivity index (χ3v) is 6.55. The van der Waals surface area contributed by atoms with Gasteiger partial charge in [-0.05, 0) is 37.3 Å². The van der Waals surface area contributed by atoms with E-state index in [4.69, 9.17) is 5.73 Å². The van der Waals surface area contributed by atoms with Gasteiger partial charge in [-0.15, -0.1) is 11.3 Å². The number of fused-ring (bicyclic) bond motifs is 1. The van der Waals surface area contributed by atoms with Crippen molar-refractivity contribution in [1.82, 2.24) is 24.5 Å². The first-order valence-corrected chi connectivity index (χ1v) is 11.5. The van der Waals surface area contributed by atoms with Gasteiger partial charge in [-0.3, -0.25) is 14.3 Å². The number of amides is 2. The van der Waals surface area contributed by atoms with Crippen LogP contribution in [0, 0.1) is 24.0 Å². The monoisotopic (exact) mass is 536 g/mol. The normalized spacial score (nSPS) is 11.7. The Morgan fingerprint density at radius 3 is 2.46 bits per heavy atom. The molecule has 0 radical (unpaired) electrons. The lowest BCUT2D eigenvalue weighted by atomic mass is 10.0. The lowest BCUT2D eigenvalue weighted by Gasteiger charge is -2.12. The van der Waals surface area contributed by atoms with Crippen molar-refractivity contribution in [2.45, 2.75) is 40.0 Å². The summed E-state index contributed by atoms with van der Waals surface area (Å²) in [5.74, 6) is -2.18.